The Morgan fingerprint density at radius 1 is 1.37 bits per heavy atom. The minimum Gasteiger partial charge on any atom is -0.477 e. The van der Waals surface area contributed by atoms with Crippen LogP contribution in [0.25, 0.3) is 10.9 Å². The zero-order valence-corrected chi connectivity index (χ0v) is 15.8. The van der Waals surface area contributed by atoms with Gasteiger partial charge in [0.25, 0.3) is 0 Å². The summed E-state index contributed by atoms with van der Waals surface area (Å²) in [7, 11) is 0. The van der Waals surface area contributed by atoms with Crippen LogP contribution >= 0.6 is 0 Å². The Balaban J connectivity index is 1.92. The first kappa shape index (κ1) is 18.0. The van der Waals surface area contributed by atoms with Gasteiger partial charge < -0.3 is 20.3 Å². The number of carbonyl (C=O) groups is 1. The maximum atomic E-state index is 14.9. The molecule has 1 aliphatic heterocycles. The fourth-order valence-electron chi connectivity index (χ4n) is 4.23. The van der Waals surface area contributed by atoms with Crippen LogP contribution in [0.1, 0.15) is 44.0 Å². The topological polar surface area (TPSA) is 88.6 Å². The second-order valence-corrected chi connectivity index (χ2v) is 8.88. The Hall–Kier alpha value is -2.41. The highest BCUT2D eigenvalue weighted by molar-refractivity contribution is 5.93. The van der Waals surface area contributed by atoms with Crippen LogP contribution in [0.4, 0.5) is 10.1 Å². The zero-order valence-electron chi connectivity index (χ0n) is 15.8. The van der Waals surface area contributed by atoms with Gasteiger partial charge in [0.05, 0.1) is 11.2 Å². The number of benzene rings is 1. The number of fused-ring (bicyclic) bond motifs is 1. The molecule has 2 unspecified atom stereocenters. The van der Waals surface area contributed by atoms with E-state index in [1.807, 2.05) is 25.7 Å². The summed E-state index contributed by atoms with van der Waals surface area (Å²) in [6, 6.07) is 3.03. The molecule has 7 heteroatoms. The molecule has 27 heavy (non-hydrogen) atoms. The molecule has 1 aromatic heterocycles. The van der Waals surface area contributed by atoms with Crippen LogP contribution in [0.3, 0.4) is 0 Å². The van der Waals surface area contributed by atoms with Gasteiger partial charge in [-0.15, -0.1) is 0 Å². The number of pyridine rings is 1. The van der Waals surface area contributed by atoms with Crippen molar-refractivity contribution < 1.29 is 14.3 Å². The van der Waals surface area contributed by atoms with Crippen LogP contribution in [0.15, 0.2) is 23.1 Å². The van der Waals surface area contributed by atoms with Crippen molar-refractivity contribution in [3.8, 4) is 0 Å². The molecule has 0 bridgehead atoms. The third kappa shape index (κ3) is 2.72. The summed E-state index contributed by atoms with van der Waals surface area (Å²) in [6.45, 7) is 7.19. The van der Waals surface area contributed by atoms with E-state index in [1.165, 1.54) is 12.3 Å². The minimum atomic E-state index is -1.31. The second-order valence-electron chi connectivity index (χ2n) is 8.88. The smallest absolute Gasteiger partial charge is 0.341 e. The molecule has 1 saturated heterocycles. The highest BCUT2D eigenvalue weighted by atomic mass is 19.1. The lowest BCUT2D eigenvalue weighted by atomic mass is 10.0. The second kappa shape index (κ2) is 5.55. The van der Waals surface area contributed by atoms with E-state index in [9.17, 15) is 19.1 Å². The summed E-state index contributed by atoms with van der Waals surface area (Å²) >= 11 is 0. The summed E-state index contributed by atoms with van der Waals surface area (Å²) in [4.78, 5) is 26.1. The molecule has 2 atom stereocenters. The minimum absolute atomic E-state index is 0.0862. The number of hydrogen-bond donors (Lipinski definition) is 2. The monoisotopic (exact) mass is 373 g/mol. The maximum Gasteiger partial charge on any atom is 0.341 e. The average Bonchev–Trinajstić information content (AvgIpc) is 2.99. The molecule has 144 valence electrons. The normalized spacial score (nSPS) is 24.8. The van der Waals surface area contributed by atoms with Crippen LogP contribution < -0.4 is 16.1 Å². The predicted octanol–water partition coefficient (Wildman–Crippen LogP) is 2.52. The number of carboxylic acids is 1. The number of rotatable bonds is 2. The van der Waals surface area contributed by atoms with Gasteiger partial charge >= 0.3 is 5.97 Å². The molecule has 4 rings (SSSR count). The van der Waals surface area contributed by atoms with E-state index in [4.69, 9.17) is 5.73 Å². The summed E-state index contributed by atoms with van der Waals surface area (Å²) < 4.78 is 16.7. The molecule has 2 aromatic rings. The van der Waals surface area contributed by atoms with Gasteiger partial charge in [-0.1, -0.05) is 0 Å². The maximum absolute atomic E-state index is 14.9. The average molecular weight is 373 g/mol. The standard InChI is InChI=1S/C20H24FN3O3/c1-19(2,3)24-9-12(18(26)27)17(25)11-6-13(21)15(7-14(11)24)23-5-4-20(10-23)8-16(20)22/h6-7,9,16H,4-5,8,10,22H2,1-3H3,(H,26,27). The highest BCUT2D eigenvalue weighted by Crippen LogP contribution is 2.52. The van der Waals surface area contributed by atoms with E-state index < -0.39 is 22.8 Å². The summed E-state index contributed by atoms with van der Waals surface area (Å²) in [5.41, 5.74) is 5.64. The molecule has 1 aromatic carbocycles. The molecule has 3 N–H and O–H groups in total. The van der Waals surface area contributed by atoms with E-state index in [0.717, 1.165) is 19.4 Å². The van der Waals surface area contributed by atoms with Gasteiger partial charge in [-0.3, -0.25) is 4.79 Å². The van der Waals surface area contributed by atoms with Crippen molar-refractivity contribution in [2.75, 3.05) is 18.0 Å². The Morgan fingerprint density at radius 3 is 2.56 bits per heavy atom. The van der Waals surface area contributed by atoms with Crippen molar-refractivity contribution in [1.82, 2.24) is 4.57 Å². The first-order chi connectivity index (χ1) is 12.5. The van der Waals surface area contributed by atoms with Gasteiger partial charge in [0.2, 0.25) is 5.43 Å². The van der Waals surface area contributed by atoms with Crippen molar-refractivity contribution >= 4 is 22.6 Å². The van der Waals surface area contributed by atoms with Gasteiger partial charge in [0, 0.05) is 41.7 Å². The van der Waals surface area contributed by atoms with Crippen molar-refractivity contribution in [3.05, 3.63) is 39.9 Å². The van der Waals surface area contributed by atoms with Crippen LogP contribution in [0.2, 0.25) is 0 Å². The highest BCUT2D eigenvalue weighted by Gasteiger charge is 2.55. The fraction of sp³-hybridized carbons (Fsp3) is 0.500. The van der Waals surface area contributed by atoms with Crippen molar-refractivity contribution in [2.24, 2.45) is 11.1 Å². The molecule has 0 amide bonds. The number of nitrogens with zero attached hydrogens (tertiary/aromatic N) is 2. The Morgan fingerprint density at radius 2 is 2.04 bits per heavy atom. The van der Waals surface area contributed by atoms with Gasteiger partial charge in [0.15, 0.2) is 0 Å². The van der Waals surface area contributed by atoms with Crippen LogP contribution in [-0.4, -0.2) is 34.8 Å². The Bertz CT molecular complexity index is 1020. The first-order valence-corrected chi connectivity index (χ1v) is 9.17. The Labute approximate surface area is 156 Å². The number of hydrogen-bond acceptors (Lipinski definition) is 4. The third-order valence-electron chi connectivity index (χ3n) is 6.00. The van der Waals surface area contributed by atoms with Crippen LogP contribution in [-0.2, 0) is 5.54 Å². The zero-order chi connectivity index (χ0) is 19.7. The van der Waals surface area contributed by atoms with E-state index in [-0.39, 0.29) is 22.4 Å². The summed E-state index contributed by atoms with van der Waals surface area (Å²) in [6.07, 6.45) is 3.26. The quantitative estimate of drug-likeness (QED) is 0.844. The summed E-state index contributed by atoms with van der Waals surface area (Å²) in [5.74, 6) is -1.82. The lowest BCUT2D eigenvalue weighted by Crippen LogP contribution is -2.28. The third-order valence-corrected chi connectivity index (χ3v) is 6.00. The Kier molecular flexibility index (Phi) is 3.69. The fourth-order valence-corrected chi connectivity index (χ4v) is 4.23. The molecule has 1 spiro atoms. The first-order valence-electron chi connectivity index (χ1n) is 9.17. The SMILES string of the molecule is CC(C)(C)n1cc(C(=O)O)c(=O)c2cc(F)c(N3CCC4(CC4N)C3)cc21. The number of carboxylic acid groups (broad SMARTS) is 1. The number of anilines is 1. The van der Waals surface area contributed by atoms with Crippen molar-refractivity contribution in [1.29, 1.82) is 0 Å². The number of nitrogens with two attached hydrogens (primary N) is 1. The van der Waals surface area contributed by atoms with E-state index in [2.05, 4.69) is 0 Å². The molecule has 6 nitrogen and oxygen atoms in total. The van der Waals surface area contributed by atoms with Gasteiger partial charge in [-0.25, -0.2) is 9.18 Å². The van der Waals surface area contributed by atoms with Crippen molar-refractivity contribution in [2.45, 2.75) is 45.2 Å². The molecule has 0 radical (unpaired) electrons. The predicted molar refractivity (Wildman–Crippen MR) is 102 cm³/mol. The molecule has 2 aliphatic rings. The van der Waals surface area contributed by atoms with Gasteiger partial charge in [0.1, 0.15) is 11.4 Å². The molecule has 1 aliphatic carbocycles. The number of halogens is 1. The van der Waals surface area contributed by atoms with E-state index >= 15 is 0 Å². The molecule has 2 fully saturated rings. The number of aromatic carboxylic acids is 1. The molecule has 2 heterocycles. The summed E-state index contributed by atoms with van der Waals surface area (Å²) in [5, 5.41) is 9.46. The van der Waals surface area contributed by atoms with Gasteiger partial charge in [-0.05, 0) is 45.7 Å². The van der Waals surface area contributed by atoms with Gasteiger partial charge in [-0.2, -0.15) is 0 Å². The largest absolute Gasteiger partial charge is 0.477 e. The van der Waals surface area contributed by atoms with Crippen LogP contribution in [0.5, 0.6) is 0 Å². The lowest BCUT2D eigenvalue weighted by Gasteiger charge is -2.27. The number of aromatic nitrogens is 1. The molecular weight excluding hydrogens is 349 g/mol. The molecule has 1 saturated carbocycles. The van der Waals surface area contributed by atoms with E-state index in [0.29, 0.717) is 17.7 Å². The lowest BCUT2D eigenvalue weighted by molar-refractivity contribution is 0.0694. The van der Waals surface area contributed by atoms with Crippen molar-refractivity contribution in [3.63, 3.8) is 0 Å². The van der Waals surface area contributed by atoms with E-state index in [1.54, 1.807) is 10.6 Å². The van der Waals surface area contributed by atoms with Crippen LogP contribution in [0, 0.1) is 11.2 Å². The molecular formula is C20H24FN3O3.